The lowest BCUT2D eigenvalue weighted by Gasteiger charge is -2.26. The normalized spacial score (nSPS) is 23.1. The maximum Gasteiger partial charge on any atom is 0.307 e. The van der Waals surface area contributed by atoms with Gasteiger partial charge in [0, 0.05) is 18.1 Å². The zero-order valence-corrected chi connectivity index (χ0v) is 10.7. The number of aromatic nitrogens is 2. The minimum absolute atomic E-state index is 0.222. The molecule has 2 N–H and O–H groups in total. The van der Waals surface area contributed by atoms with Crippen molar-refractivity contribution in [2.24, 2.45) is 5.92 Å². The monoisotopic (exact) mass is 280 g/mol. The van der Waals surface area contributed by atoms with Crippen LogP contribution in [0.15, 0.2) is 12.1 Å². The zero-order chi connectivity index (χ0) is 14.3. The van der Waals surface area contributed by atoms with Crippen molar-refractivity contribution in [3.63, 3.8) is 0 Å². The second kappa shape index (κ2) is 4.85. The number of halogens is 2. The Balaban J connectivity index is 2.02. The smallest absolute Gasteiger partial charge is 0.307 e. The number of carboxylic acids is 1. The fraction of sp³-hybridized carbons (Fsp3) is 0.429. The van der Waals surface area contributed by atoms with Gasteiger partial charge in [-0.05, 0) is 12.8 Å². The van der Waals surface area contributed by atoms with Gasteiger partial charge < -0.3 is 10.1 Å². The summed E-state index contributed by atoms with van der Waals surface area (Å²) in [5.41, 5.74) is 0.724. The van der Waals surface area contributed by atoms with E-state index in [9.17, 15) is 18.7 Å². The Bertz CT molecular complexity index is 629. The average molecular weight is 280 g/mol. The van der Waals surface area contributed by atoms with Crippen LogP contribution >= 0.6 is 0 Å². The third kappa shape index (κ3) is 2.15. The first-order valence-corrected chi connectivity index (χ1v) is 6.63. The van der Waals surface area contributed by atoms with Crippen LogP contribution in [0.25, 0.3) is 11.0 Å². The number of benzene rings is 1. The number of rotatable bonds is 2. The summed E-state index contributed by atoms with van der Waals surface area (Å²) in [5.74, 6) is -2.93. The first-order chi connectivity index (χ1) is 9.56. The largest absolute Gasteiger partial charge is 0.481 e. The number of carbonyl (C=O) groups is 1. The minimum atomic E-state index is -0.950. The Kier molecular flexibility index (Phi) is 3.16. The van der Waals surface area contributed by atoms with E-state index < -0.39 is 23.5 Å². The van der Waals surface area contributed by atoms with Crippen LogP contribution in [-0.2, 0) is 4.79 Å². The van der Waals surface area contributed by atoms with Crippen molar-refractivity contribution in [3.05, 3.63) is 29.6 Å². The molecular weight excluding hydrogens is 266 g/mol. The van der Waals surface area contributed by atoms with Gasteiger partial charge in [-0.2, -0.15) is 0 Å². The Morgan fingerprint density at radius 3 is 2.70 bits per heavy atom. The molecule has 1 fully saturated rings. The van der Waals surface area contributed by atoms with Crippen LogP contribution in [0.5, 0.6) is 0 Å². The molecule has 106 valence electrons. The standard InChI is InChI=1S/C14H14F2N2O2/c15-9-5-11-12(6-10(9)16)18-13(17-11)7-3-1-2-4-8(7)14(19)20/h5-8H,1-4H2,(H,17,18)(H,19,20). The maximum absolute atomic E-state index is 13.2. The summed E-state index contributed by atoms with van der Waals surface area (Å²) in [6.45, 7) is 0. The molecule has 0 amide bonds. The number of carboxylic acid groups (broad SMARTS) is 1. The molecule has 0 saturated heterocycles. The van der Waals surface area contributed by atoms with E-state index in [1.165, 1.54) is 0 Å². The molecule has 20 heavy (non-hydrogen) atoms. The first kappa shape index (κ1) is 13.0. The van der Waals surface area contributed by atoms with E-state index in [4.69, 9.17) is 0 Å². The number of aliphatic carboxylic acids is 1. The minimum Gasteiger partial charge on any atom is -0.481 e. The molecule has 1 saturated carbocycles. The van der Waals surface area contributed by atoms with Gasteiger partial charge in [0.2, 0.25) is 0 Å². The number of fused-ring (bicyclic) bond motifs is 1. The lowest BCUT2D eigenvalue weighted by molar-refractivity contribution is -0.143. The van der Waals surface area contributed by atoms with Crippen molar-refractivity contribution in [3.8, 4) is 0 Å². The van der Waals surface area contributed by atoms with E-state index in [0.717, 1.165) is 31.4 Å². The number of H-pyrrole nitrogens is 1. The van der Waals surface area contributed by atoms with Gasteiger partial charge in [-0.25, -0.2) is 13.8 Å². The summed E-state index contributed by atoms with van der Waals surface area (Å²) in [6.07, 6.45) is 3.16. The number of hydrogen-bond donors (Lipinski definition) is 2. The molecule has 2 atom stereocenters. The molecular formula is C14H14F2N2O2. The van der Waals surface area contributed by atoms with Crippen LogP contribution in [0.3, 0.4) is 0 Å². The van der Waals surface area contributed by atoms with Crippen LogP contribution in [0.2, 0.25) is 0 Å². The molecule has 0 bridgehead atoms. The van der Waals surface area contributed by atoms with Crippen molar-refractivity contribution < 1.29 is 18.7 Å². The number of hydrogen-bond acceptors (Lipinski definition) is 2. The van der Waals surface area contributed by atoms with Crippen molar-refractivity contribution in [2.45, 2.75) is 31.6 Å². The molecule has 2 unspecified atom stereocenters. The summed E-state index contributed by atoms with van der Waals surface area (Å²) in [6, 6.07) is 2.09. The predicted octanol–water partition coefficient (Wildman–Crippen LogP) is 3.20. The van der Waals surface area contributed by atoms with Crippen LogP contribution in [0.1, 0.15) is 37.4 Å². The van der Waals surface area contributed by atoms with Gasteiger partial charge in [0.05, 0.1) is 17.0 Å². The highest BCUT2D eigenvalue weighted by Gasteiger charge is 2.33. The molecule has 1 aliphatic carbocycles. The molecule has 3 rings (SSSR count). The fourth-order valence-corrected chi connectivity index (χ4v) is 2.95. The van der Waals surface area contributed by atoms with Gasteiger partial charge in [0.25, 0.3) is 0 Å². The van der Waals surface area contributed by atoms with E-state index in [1.807, 2.05) is 0 Å². The highest BCUT2D eigenvalue weighted by molar-refractivity contribution is 5.76. The van der Waals surface area contributed by atoms with E-state index in [0.29, 0.717) is 23.3 Å². The maximum atomic E-state index is 13.2. The van der Waals surface area contributed by atoms with Gasteiger partial charge in [-0.1, -0.05) is 12.8 Å². The molecule has 0 aliphatic heterocycles. The number of aromatic amines is 1. The van der Waals surface area contributed by atoms with Crippen LogP contribution < -0.4 is 0 Å². The number of imidazole rings is 1. The quantitative estimate of drug-likeness (QED) is 0.887. The van der Waals surface area contributed by atoms with E-state index in [1.54, 1.807) is 0 Å². The van der Waals surface area contributed by atoms with Gasteiger partial charge in [0.15, 0.2) is 11.6 Å². The highest BCUT2D eigenvalue weighted by atomic mass is 19.2. The number of nitrogens with zero attached hydrogens (tertiary/aromatic N) is 1. The summed E-state index contributed by atoms with van der Waals surface area (Å²) in [7, 11) is 0. The Labute approximate surface area is 113 Å². The van der Waals surface area contributed by atoms with Gasteiger partial charge in [-0.3, -0.25) is 4.79 Å². The third-order valence-electron chi connectivity index (χ3n) is 3.98. The van der Waals surface area contributed by atoms with Crippen molar-refractivity contribution in [2.75, 3.05) is 0 Å². The van der Waals surface area contributed by atoms with Crippen LogP contribution in [0, 0.1) is 17.6 Å². The van der Waals surface area contributed by atoms with Crippen molar-refractivity contribution in [1.29, 1.82) is 0 Å². The highest BCUT2D eigenvalue weighted by Crippen LogP contribution is 2.37. The SMILES string of the molecule is O=C(O)C1CCCCC1c1nc2cc(F)c(F)cc2[nH]1. The van der Waals surface area contributed by atoms with Crippen molar-refractivity contribution >= 4 is 17.0 Å². The molecule has 1 aliphatic rings. The second-order valence-corrected chi connectivity index (χ2v) is 5.24. The predicted molar refractivity (Wildman–Crippen MR) is 68.3 cm³/mol. The average Bonchev–Trinajstić information content (AvgIpc) is 2.82. The molecule has 4 nitrogen and oxygen atoms in total. The second-order valence-electron chi connectivity index (χ2n) is 5.24. The Hall–Kier alpha value is -1.98. The summed E-state index contributed by atoms with van der Waals surface area (Å²) >= 11 is 0. The van der Waals surface area contributed by atoms with E-state index in [-0.39, 0.29) is 5.92 Å². The van der Waals surface area contributed by atoms with Gasteiger partial charge in [-0.15, -0.1) is 0 Å². The molecule has 2 aromatic rings. The summed E-state index contributed by atoms with van der Waals surface area (Å²) < 4.78 is 26.4. The summed E-state index contributed by atoms with van der Waals surface area (Å²) in [5, 5.41) is 9.27. The molecule has 6 heteroatoms. The molecule has 0 spiro atoms. The van der Waals surface area contributed by atoms with Crippen LogP contribution in [0.4, 0.5) is 8.78 Å². The molecule has 1 aromatic carbocycles. The van der Waals surface area contributed by atoms with Gasteiger partial charge >= 0.3 is 5.97 Å². The first-order valence-electron chi connectivity index (χ1n) is 6.63. The molecule has 1 aromatic heterocycles. The van der Waals surface area contributed by atoms with Crippen LogP contribution in [-0.4, -0.2) is 21.0 Å². The third-order valence-corrected chi connectivity index (χ3v) is 3.98. The topological polar surface area (TPSA) is 66.0 Å². The fourth-order valence-electron chi connectivity index (χ4n) is 2.95. The van der Waals surface area contributed by atoms with E-state index in [2.05, 4.69) is 9.97 Å². The van der Waals surface area contributed by atoms with Gasteiger partial charge in [0.1, 0.15) is 5.82 Å². The Morgan fingerprint density at radius 2 is 1.95 bits per heavy atom. The molecule has 1 heterocycles. The lowest BCUT2D eigenvalue weighted by Crippen LogP contribution is -2.26. The summed E-state index contributed by atoms with van der Waals surface area (Å²) in [4.78, 5) is 18.5. The number of nitrogens with one attached hydrogen (secondary N) is 1. The molecule has 0 radical (unpaired) electrons. The lowest BCUT2D eigenvalue weighted by atomic mass is 9.79. The Morgan fingerprint density at radius 1 is 1.25 bits per heavy atom. The van der Waals surface area contributed by atoms with E-state index >= 15 is 0 Å². The van der Waals surface area contributed by atoms with Crippen molar-refractivity contribution in [1.82, 2.24) is 9.97 Å². The zero-order valence-electron chi connectivity index (χ0n) is 10.7.